The first kappa shape index (κ1) is 14.2. The molecule has 3 nitrogen and oxygen atoms in total. The van der Waals surface area contributed by atoms with Crippen molar-refractivity contribution >= 4 is 65.2 Å². The minimum absolute atomic E-state index is 0.152. The lowest BCUT2D eigenvalue weighted by atomic mass is 10.1. The Morgan fingerprint density at radius 3 is 1.62 bits per heavy atom. The molecule has 0 radical (unpaired) electrons. The van der Waals surface area contributed by atoms with Gasteiger partial charge >= 0.3 is 0 Å². The maximum absolute atomic E-state index is 12.4. The number of hydrogen-bond donors (Lipinski definition) is 0. The highest BCUT2D eigenvalue weighted by atomic mass is 35.5. The van der Waals surface area contributed by atoms with Crippen molar-refractivity contribution in [1.82, 2.24) is 0 Å². The summed E-state index contributed by atoms with van der Waals surface area (Å²) in [6.45, 7) is 0. The first-order valence-corrected chi connectivity index (χ1v) is 7.45. The van der Waals surface area contributed by atoms with Crippen LogP contribution in [-0.2, 0) is 0 Å². The second-order valence-corrected chi connectivity index (χ2v) is 6.17. The van der Waals surface area contributed by atoms with Crippen LogP contribution in [0.15, 0.2) is 41.2 Å². The van der Waals surface area contributed by atoms with E-state index in [9.17, 15) is 14.4 Å². The summed E-state index contributed by atoms with van der Waals surface area (Å²) in [6, 6.07) is 9.37. The Morgan fingerprint density at radius 1 is 0.810 bits per heavy atom. The molecule has 0 N–H and O–H groups in total. The van der Waals surface area contributed by atoms with Crippen LogP contribution in [0.2, 0.25) is 0 Å². The molecule has 0 amide bonds. The monoisotopic (exact) mass is 336 g/mol. The molecule has 0 aliphatic rings. The van der Waals surface area contributed by atoms with E-state index in [0.29, 0.717) is 31.3 Å². The summed E-state index contributed by atoms with van der Waals surface area (Å²) < 4.78 is 1.27. The van der Waals surface area contributed by atoms with E-state index in [1.54, 1.807) is 24.3 Å². The van der Waals surface area contributed by atoms with Crippen molar-refractivity contribution in [3.63, 3.8) is 0 Å². The fraction of sp³-hybridized carbons (Fsp3) is 0. The van der Waals surface area contributed by atoms with Gasteiger partial charge in [-0.1, -0.05) is 0 Å². The molecule has 3 rings (SSSR count). The third kappa shape index (κ3) is 2.46. The number of carbonyl (C=O) groups excluding carboxylic acids is 2. The molecule has 0 aliphatic carbocycles. The van der Waals surface area contributed by atoms with Gasteiger partial charge < -0.3 is 0 Å². The minimum atomic E-state index is -0.582. The van der Waals surface area contributed by atoms with Crippen LogP contribution in [-0.4, -0.2) is 10.5 Å². The highest BCUT2D eigenvalue weighted by Gasteiger charge is 2.11. The Hall–Kier alpha value is -1.75. The molecule has 3 aromatic rings. The average Bonchev–Trinajstić information content (AvgIpc) is 2.46. The van der Waals surface area contributed by atoms with Crippen molar-refractivity contribution in [2.75, 3.05) is 0 Å². The largest absolute Gasteiger partial charge is 0.289 e. The SMILES string of the molecule is O=C(Cl)c1ccc2c(=O)c3ccc(C(=O)Cl)cc3sc2c1. The van der Waals surface area contributed by atoms with E-state index < -0.39 is 10.5 Å². The molecule has 0 spiro atoms. The first-order chi connectivity index (χ1) is 9.97. The number of hydrogen-bond acceptors (Lipinski definition) is 4. The molecule has 1 heterocycles. The van der Waals surface area contributed by atoms with Crippen LogP contribution >= 0.6 is 34.5 Å². The summed E-state index contributed by atoms with van der Waals surface area (Å²) in [7, 11) is 0. The lowest BCUT2D eigenvalue weighted by Gasteiger charge is -2.03. The summed E-state index contributed by atoms with van der Waals surface area (Å²) >= 11 is 12.2. The van der Waals surface area contributed by atoms with E-state index in [1.807, 2.05) is 0 Å². The van der Waals surface area contributed by atoms with Crippen LogP contribution in [0.4, 0.5) is 0 Å². The Bertz CT molecular complexity index is 901. The van der Waals surface area contributed by atoms with Gasteiger partial charge in [0, 0.05) is 31.3 Å². The van der Waals surface area contributed by atoms with Gasteiger partial charge in [0.1, 0.15) is 0 Å². The number of halogens is 2. The smallest absolute Gasteiger partial charge is 0.252 e. The molecular weight excluding hydrogens is 331 g/mol. The summed E-state index contributed by atoms with van der Waals surface area (Å²) in [5.41, 5.74) is 0.494. The van der Waals surface area contributed by atoms with Crippen molar-refractivity contribution in [3.05, 3.63) is 57.7 Å². The van der Waals surface area contributed by atoms with Crippen LogP contribution in [0.3, 0.4) is 0 Å². The summed E-state index contributed by atoms with van der Waals surface area (Å²) in [5.74, 6) is 0. The summed E-state index contributed by atoms with van der Waals surface area (Å²) in [6.07, 6.45) is 0. The normalized spacial score (nSPS) is 11.0. The quantitative estimate of drug-likeness (QED) is 0.521. The van der Waals surface area contributed by atoms with Gasteiger partial charge in [0.25, 0.3) is 10.5 Å². The van der Waals surface area contributed by atoms with Crippen molar-refractivity contribution in [1.29, 1.82) is 0 Å². The maximum atomic E-state index is 12.4. The molecule has 0 atom stereocenters. The van der Waals surface area contributed by atoms with Crippen molar-refractivity contribution in [2.45, 2.75) is 0 Å². The van der Waals surface area contributed by atoms with Gasteiger partial charge in [0.05, 0.1) is 0 Å². The fourth-order valence-electron chi connectivity index (χ4n) is 2.10. The molecule has 0 bridgehead atoms. The molecule has 21 heavy (non-hydrogen) atoms. The molecule has 1 aromatic heterocycles. The highest BCUT2D eigenvalue weighted by molar-refractivity contribution is 7.24. The molecule has 0 saturated carbocycles. The van der Waals surface area contributed by atoms with Gasteiger partial charge in [0.15, 0.2) is 5.43 Å². The molecule has 0 fully saturated rings. The van der Waals surface area contributed by atoms with E-state index >= 15 is 0 Å². The maximum Gasteiger partial charge on any atom is 0.252 e. The molecule has 0 unspecified atom stereocenters. The second-order valence-electron chi connectivity index (χ2n) is 4.40. The Labute approximate surface area is 132 Å². The van der Waals surface area contributed by atoms with E-state index in [1.165, 1.54) is 23.5 Å². The van der Waals surface area contributed by atoms with E-state index in [-0.39, 0.29) is 5.43 Å². The van der Waals surface area contributed by atoms with E-state index in [0.717, 1.165) is 0 Å². The zero-order valence-corrected chi connectivity index (χ0v) is 12.7. The van der Waals surface area contributed by atoms with Crippen LogP contribution in [0.25, 0.3) is 20.2 Å². The zero-order valence-electron chi connectivity index (χ0n) is 10.4. The van der Waals surface area contributed by atoms with Crippen LogP contribution < -0.4 is 5.43 Å². The second kappa shape index (κ2) is 5.22. The van der Waals surface area contributed by atoms with Crippen molar-refractivity contribution in [3.8, 4) is 0 Å². The lowest BCUT2D eigenvalue weighted by molar-refractivity contribution is 0.107. The van der Waals surface area contributed by atoms with E-state index in [2.05, 4.69) is 0 Å². The van der Waals surface area contributed by atoms with Gasteiger partial charge in [-0.05, 0) is 59.6 Å². The van der Waals surface area contributed by atoms with Crippen molar-refractivity contribution < 1.29 is 9.59 Å². The third-order valence-corrected chi connectivity index (χ3v) is 4.68. The third-order valence-electron chi connectivity index (χ3n) is 3.13. The number of rotatable bonds is 2. The molecule has 104 valence electrons. The molecule has 0 saturated heterocycles. The molecule has 0 aliphatic heterocycles. The van der Waals surface area contributed by atoms with Gasteiger partial charge in [-0.2, -0.15) is 0 Å². The van der Waals surface area contributed by atoms with Crippen molar-refractivity contribution in [2.24, 2.45) is 0 Å². The fourth-order valence-corrected chi connectivity index (χ4v) is 3.48. The first-order valence-electron chi connectivity index (χ1n) is 5.87. The topological polar surface area (TPSA) is 51.2 Å². The minimum Gasteiger partial charge on any atom is -0.289 e. The predicted molar refractivity (Wildman–Crippen MR) is 86.0 cm³/mol. The van der Waals surface area contributed by atoms with Gasteiger partial charge in [0.2, 0.25) is 0 Å². The number of fused-ring (bicyclic) bond motifs is 2. The van der Waals surface area contributed by atoms with Gasteiger partial charge in [-0.25, -0.2) is 0 Å². The standard InChI is InChI=1S/C15H6Cl2O3S/c16-14(19)7-1-3-9-11(5-7)21-12-6-8(15(17)20)2-4-10(12)13(9)18/h1-6H. The van der Waals surface area contributed by atoms with Crippen LogP contribution in [0, 0.1) is 0 Å². The number of carbonyl (C=O) groups is 2. The predicted octanol–water partition coefficient (Wildman–Crippen LogP) is 4.17. The lowest BCUT2D eigenvalue weighted by Crippen LogP contribution is -2.02. The zero-order chi connectivity index (χ0) is 15.1. The number of benzene rings is 2. The van der Waals surface area contributed by atoms with Crippen LogP contribution in [0.5, 0.6) is 0 Å². The van der Waals surface area contributed by atoms with Crippen LogP contribution in [0.1, 0.15) is 20.7 Å². The molecular formula is C15H6Cl2O3S. The summed E-state index contributed by atoms with van der Waals surface area (Å²) in [4.78, 5) is 34.8. The Morgan fingerprint density at radius 2 is 1.24 bits per heavy atom. The van der Waals surface area contributed by atoms with E-state index in [4.69, 9.17) is 23.2 Å². The van der Waals surface area contributed by atoms with Gasteiger partial charge in [-0.15, -0.1) is 11.3 Å². The van der Waals surface area contributed by atoms with Gasteiger partial charge in [-0.3, -0.25) is 14.4 Å². The molecule has 2 aromatic carbocycles. The summed E-state index contributed by atoms with van der Waals surface area (Å²) in [5, 5.41) is -0.138. The Balaban J connectivity index is 2.40. The highest BCUT2D eigenvalue weighted by Crippen LogP contribution is 2.27. The average molecular weight is 337 g/mol. The Kier molecular flexibility index (Phi) is 3.53. The molecule has 6 heteroatoms.